The Labute approximate surface area is 117 Å². The van der Waals surface area contributed by atoms with Gasteiger partial charge in [0.15, 0.2) is 0 Å². The molecule has 0 amide bonds. The third-order valence-corrected chi connectivity index (χ3v) is 3.10. The zero-order valence-corrected chi connectivity index (χ0v) is 11.1. The Hall–Kier alpha value is -2.40. The number of hydrogen-bond donors (Lipinski definition) is 2. The van der Waals surface area contributed by atoms with Gasteiger partial charge in [0.05, 0.1) is 11.5 Å². The highest BCUT2D eigenvalue weighted by molar-refractivity contribution is 5.47. The van der Waals surface area contributed by atoms with E-state index < -0.39 is 4.92 Å². The van der Waals surface area contributed by atoms with Crippen LogP contribution in [0, 0.1) is 10.1 Å². The molecule has 0 aliphatic rings. The van der Waals surface area contributed by atoms with Gasteiger partial charge < -0.3 is 10.4 Å². The first-order chi connectivity index (χ1) is 9.60. The second-order valence-corrected chi connectivity index (χ2v) is 4.57. The van der Waals surface area contributed by atoms with Crippen LogP contribution >= 0.6 is 0 Å². The summed E-state index contributed by atoms with van der Waals surface area (Å²) in [5.41, 5.74) is 2.69. The molecule has 104 valence electrons. The number of nitrogens with zero attached hydrogens (tertiary/aromatic N) is 1. The Morgan fingerprint density at radius 2 is 1.95 bits per heavy atom. The minimum atomic E-state index is -0.397. The van der Waals surface area contributed by atoms with E-state index in [9.17, 15) is 10.1 Å². The average Bonchev–Trinajstić information content (AvgIpc) is 2.48. The Bertz CT molecular complexity index is 596. The molecule has 0 aliphatic carbocycles. The van der Waals surface area contributed by atoms with Gasteiger partial charge in [0.25, 0.3) is 5.69 Å². The fraction of sp³-hybridized carbons (Fsp3) is 0.200. The van der Waals surface area contributed by atoms with Crippen LogP contribution in [0.15, 0.2) is 48.5 Å². The van der Waals surface area contributed by atoms with Gasteiger partial charge in [-0.2, -0.15) is 0 Å². The van der Waals surface area contributed by atoms with Crippen molar-refractivity contribution in [1.29, 1.82) is 0 Å². The quantitative estimate of drug-likeness (QED) is 0.647. The van der Waals surface area contributed by atoms with E-state index >= 15 is 0 Å². The summed E-state index contributed by atoms with van der Waals surface area (Å²) in [4.78, 5) is 10.4. The number of aliphatic hydroxyl groups excluding tert-OH is 1. The van der Waals surface area contributed by atoms with Gasteiger partial charge in [-0.1, -0.05) is 24.3 Å². The average molecular weight is 272 g/mol. The van der Waals surface area contributed by atoms with Gasteiger partial charge in [-0.3, -0.25) is 10.1 Å². The van der Waals surface area contributed by atoms with E-state index in [1.165, 1.54) is 6.07 Å². The Morgan fingerprint density at radius 3 is 2.55 bits per heavy atom. The number of hydrogen-bond acceptors (Lipinski definition) is 4. The zero-order chi connectivity index (χ0) is 14.5. The van der Waals surface area contributed by atoms with Crippen molar-refractivity contribution >= 4 is 11.4 Å². The number of nitro groups is 1. The summed E-state index contributed by atoms with van der Waals surface area (Å²) >= 11 is 0. The van der Waals surface area contributed by atoms with Gasteiger partial charge >= 0.3 is 0 Å². The lowest BCUT2D eigenvalue weighted by Gasteiger charge is -2.15. The van der Waals surface area contributed by atoms with Crippen molar-refractivity contribution in [1.82, 2.24) is 0 Å². The maximum atomic E-state index is 10.8. The Balaban J connectivity index is 2.12. The molecule has 1 unspecified atom stereocenters. The summed E-state index contributed by atoms with van der Waals surface area (Å²) < 4.78 is 0. The summed E-state index contributed by atoms with van der Waals surface area (Å²) in [5.74, 6) is 0. The van der Waals surface area contributed by atoms with Crippen LogP contribution in [0.2, 0.25) is 0 Å². The van der Waals surface area contributed by atoms with Gasteiger partial charge in [0, 0.05) is 23.9 Å². The van der Waals surface area contributed by atoms with Gasteiger partial charge in [-0.25, -0.2) is 0 Å². The van der Waals surface area contributed by atoms with Gasteiger partial charge in [0.2, 0.25) is 0 Å². The van der Waals surface area contributed by atoms with Crippen LogP contribution in [0.1, 0.15) is 24.1 Å². The molecule has 0 aromatic heterocycles. The molecule has 2 aromatic rings. The molecule has 2 N–H and O–H groups in total. The number of nitro benzene ring substituents is 1. The monoisotopic (exact) mass is 272 g/mol. The fourth-order valence-electron chi connectivity index (χ4n) is 1.95. The van der Waals surface area contributed by atoms with Crippen LogP contribution in [0.25, 0.3) is 0 Å². The third-order valence-electron chi connectivity index (χ3n) is 3.10. The maximum absolute atomic E-state index is 10.8. The molecule has 0 heterocycles. The first kappa shape index (κ1) is 14.0. The number of benzene rings is 2. The van der Waals surface area contributed by atoms with E-state index in [2.05, 4.69) is 5.32 Å². The highest BCUT2D eigenvalue weighted by Gasteiger charge is 2.10. The molecule has 0 bridgehead atoms. The van der Waals surface area contributed by atoms with Crippen LogP contribution in [0.4, 0.5) is 11.4 Å². The predicted octanol–water partition coefficient (Wildman–Crippen LogP) is 3.26. The smallest absolute Gasteiger partial charge is 0.269 e. The number of nitrogens with one attached hydrogen (secondary N) is 1. The molecule has 5 heteroatoms. The van der Waals surface area contributed by atoms with E-state index in [4.69, 9.17) is 5.11 Å². The molecule has 0 aliphatic heterocycles. The van der Waals surface area contributed by atoms with Crippen molar-refractivity contribution in [3.8, 4) is 0 Å². The molecule has 0 radical (unpaired) electrons. The molecule has 0 saturated heterocycles. The van der Waals surface area contributed by atoms with Crippen molar-refractivity contribution in [3.05, 3.63) is 69.8 Å². The third kappa shape index (κ3) is 3.33. The van der Waals surface area contributed by atoms with Gasteiger partial charge in [0.1, 0.15) is 0 Å². The van der Waals surface area contributed by atoms with Crippen molar-refractivity contribution < 1.29 is 10.0 Å². The summed E-state index contributed by atoms with van der Waals surface area (Å²) in [6.07, 6.45) is 0. The highest BCUT2D eigenvalue weighted by Crippen LogP contribution is 2.23. The minimum absolute atomic E-state index is 0.0146. The molecular weight excluding hydrogens is 256 g/mol. The van der Waals surface area contributed by atoms with E-state index in [0.29, 0.717) is 0 Å². The van der Waals surface area contributed by atoms with E-state index in [1.54, 1.807) is 12.1 Å². The minimum Gasteiger partial charge on any atom is -0.392 e. The van der Waals surface area contributed by atoms with Gasteiger partial charge in [-0.15, -0.1) is 0 Å². The van der Waals surface area contributed by atoms with Crippen LogP contribution < -0.4 is 5.32 Å². The summed E-state index contributed by atoms with van der Waals surface area (Å²) in [6.45, 7) is 1.96. The standard InChI is InChI=1S/C15H16N2O3/c1-11(13-3-2-4-15(9-13)17(19)20)16-14-7-5-12(10-18)6-8-14/h2-9,11,16,18H,10H2,1H3. The fourth-order valence-corrected chi connectivity index (χ4v) is 1.95. The molecule has 5 nitrogen and oxygen atoms in total. The van der Waals surface area contributed by atoms with Crippen molar-refractivity contribution in [2.75, 3.05) is 5.32 Å². The van der Waals surface area contributed by atoms with E-state index in [0.717, 1.165) is 16.8 Å². The Kier molecular flexibility index (Phi) is 4.32. The molecule has 20 heavy (non-hydrogen) atoms. The number of rotatable bonds is 5. The lowest BCUT2D eigenvalue weighted by Crippen LogP contribution is -2.07. The lowest BCUT2D eigenvalue weighted by molar-refractivity contribution is -0.384. The highest BCUT2D eigenvalue weighted by atomic mass is 16.6. The number of non-ortho nitro benzene ring substituents is 1. The van der Waals surface area contributed by atoms with E-state index in [-0.39, 0.29) is 18.3 Å². The second kappa shape index (κ2) is 6.16. The van der Waals surface area contributed by atoms with Crippen LogP contribution in [0.5, 0.6) is 0 Å². The van der Waals surface area contributed by atoms with Crippen LogP contribution in [-0.4, -0.2) is 10.0 Å². The van der Waals surface area contributed by atoms with E-state index in [1.807, 2.05) is 37.3 Å². The molecule has 2 rings (SSSR count). The second-order valence-electron chi connectivity index (χ2n) is 4.57. The summed E-state index contributed by atoms with van der Waals surface area (Å²) in [7, 11) is 0. The SMILES string of the molecule is CC(Nc1ccc(CO)cc1)c1cccc([N+](=O)[O-])c1. The number of anilines is 1. The molecular formula is C15H16N2O3. The molecule has 1 atom stereocenters. The molecule has 0 fully saturated rings. The Morgan fingerprint density at radius 1 is 1.25 bits per heavy atom. The lowest BCUT2D eigenvalue weighted by atomic mass is 10.1. The first-order valence-electron chi connectivity index (χ1n) is 6.31. The topological polar surface area (TPSA) is 75.4 Å². The first-order valence-corrected chi connectivity index (χ1v) is 6.31. The summed E-state index contributed by atoms with van der Waals surface area (Å²) in [5, 5.41) is 23.0. The zero-order valence-electron chi connectivity index (χ0n) is 11.1. The van der Waals surface area contributed by atoms with Crippen molar-refractivity contribution in [2.24, 2.45) is 0 Å². The number of aliphatic hydroxyl groups is 1. The van der Waals surface area contributed by atoms with Crippen molar-refractivity contribution in [3.63, 3.8) is 0 Å². The summed E-state index contributed by atoms with van der Waals surface area (Å²) in [6, 6.07) is 14.0. The maximum Gasteiger partial charge on any atom is 0.269 e. The largest absolute Gasteiger partial charge is 0.392 e. The van der Waals surface area contributed by atoms with Gasteiger partial charge in [-0.05, 0) is 30.2 Å². The molecule has 0 spiro atoms. The molecule has 0 saturated carbocycles. The molecule has 2 aromatic carbocycles. The normalized spacial score (nSPS) is 11.9. The predicted molar refractivity (Wildman–Crippen MR) is 77.5 cm³/mol. The van der Waals surface area contributed by atoms with Crippen LogP contribution in [0.3, 0.4) is 0 Å². The van der Waals surface area contributed by atoms with Crippen molar-refractivity contribution in [2.45, 2.75) is 19.6 Å². The van der Waals surface area contributed by atoms with Crippen LogP contribution in [-0.2, 0) is 6.61 Å².